The molecule has 0 fully saturated rings. The van der Waals surface area contributed by atoms with Crippen LogP contribution in [-0.2, 0) is 11.2 Å². The number of carbonyl (C=O) groups excluding carboxylic acids is 1. The molecule has 0 unspecified atom stereocenters. The summed E-state index contributed by atoms with van der Waals surface area (Å²) in [6.45, 7) is 4.11. The average molecular weight is 294 g/mol. The van der Waals surface area contributed by atoms with E-state index in [0.29, 0.717) is 18.0 Å². The topological polar surface area (TPSA) is 46.3 Å². The van der Waals surface area contributed by atoms with Crippen molar-refractivity contribution >= 4 is 23.0 Å². The van der Waals surface area contributed by atoms with Gasteiger partial charge in [-0.2, -0.15) is 4.98 Å². The van der Waals surface area contributed by atoms with Gasteiger partial charge in [-0.1, -0.05) is 30.3 Å². The van der Waals surface area contributed by atoms with Crippen molar-refractivity contribution in [1.29, 1.82) is 0 Å². The molecule has 0 atom stereocenters. The lowest BCUT2D eigenvalue weighted by molar-refractivity contribution is -0.117. The van der Waals surface area contributed by atoms with Crippen LogP contribution in [0.1, 0.15) is 16.7 Å². The van der Waals surface area contributed by atoms with Crippen LogP contribution in [0.3, 0.4) is 0 Å². The van der Waals surface area contributed by atoms with Gasteiger partial charge in [0, 0.05) is 7.05 Å². The quantitative estimate of drug-likeness (QED) is 0.740. The van der Waals surface area contributed by atoms with Gasteiger partial charge in [0.15, 0.2) is 5.58 Å². The Labute approximate surface area is 129 Å². The van der Waals surface area contributed by atoms with Gasteiger partial charge in [-0.05, 0) is 42.7 Å². The summed E-state index contributed by atoms with van der Waals surface area (Å²) in [6, 6.07) is 13.9. The molecule has 0 saturated heterocycles. The van der Waals surface area contributed by atoms with Crippen molar-refractivity contribution < 1.29 is 9.21 Å². The van der Waals surface area contributed by atoms with E-state index in [1.54, 1.807) is 7.05 Å². The Morgan fingerprint density at radius 3 is 2.64 bits per heavy atom. The molecule has 1 amide bonds. The Morgan fingerprint density at radius 2 is 1.91 bits per heavy atom. The fraction of sp³-hybridized carbons (Fsp3) is 0.222. The molecule has 4 heteroatoms. The first kappa shape index (κ1) is 14.3. The highest BCUT2D eigenvalue weighted by Crippen LogP contribution is 2.21. The minimum absolute atomic E-state index is 0.0465. The number of para-hydroxylation sites is 2. The molecule has 0 radical (unpaired) electrons. The SMILES string of the molecule is Cc1ccc(CC(=O)N(C)c2nc3ccccc3o2)cc1C. The number of fused-ring (bicyclic) bond motifs is 1. The van der Waals surface area contributed by atoms with Crippen LogP contribution in [0.2, 0.25) is 0 Å². The predicted octanol–water partition coefficient (Wildman–Crippen LogP) is 3.65. The monoisotopic (exact) mass is 294 g/mol. The number of likely N-dealkylation sites (N-methyl/N-ethyl adjacent to an activating group) is 1. The molecular formula is C18H18N2O2. The Morgan fingerprint density at radius 1 is 1.14 bits per heavy atom. The second-order valence-corrected chi connectivity index (χ2v) is 5.51. The zero-order valence-electron chi connectivity index (χ0n) is 13.0. The minimum atomic E-state index is -0.0465. The number of oxazole rings is 1. The van der Waals surface area contributed by atoms with Gasteiger partial charge in [-0.3, -0.25) is 9.69 Å². The van der Waals surface area contributed by atoms with Crippen molar-refractivity contribution in [3.05, 3.63) is 59.2 Å². The molecule has 2 aromatic carbocycles. The van der Waals surface area contributed by atoms with E-state index in [1.807, 2.05) is 49.4 Å². The number of aromatic nitrogens is 1. The molecule has 3 aromatic rings. The number of carbonyl (C=O) groups is 1. The van der Waals surface area contributed by atoms with Crippen LogP contribution in [0.4, 0.5) is 6.01 Å². The molecule has 3 rings (SSSR count). The number of rotatable bonds is 3. The van der Waals surface area contributed by atoms with Crippen LogP contribution < -0.4 is 4.90 Å². The van der Waals surface area contributed by atoms with Crippen LogP contribution >= 0.6 is 0 Å². The summed E-state index contributed by atoms with van der Waals surface area (Å²) in [4.78, 5) is 18.2. The van der Waals surface area contributed by atoms with Crippen LogP contribution in [0.25, 0.3) is 11.1 Å². The van der Waals surface area contributed by atoms with E-state index >= 15 is 0 Å². The number of amides is 1. The van der Waals surface area contributed by atoms with Crippen molar-refractivity contribution in [2.45, 2.75) is 20.3 Å². The highest BCUT2D eigenvalue weighted by atomic mass is 16.4. The maximum absolute atomic E-state index is 12.4. The largest absolute Gasteiger partial charge is 0.423 e. The van der Waals surface area contributed by atoms with Gasteiger partial charge in [-0.15, -0.1) is 0 Å². The summed E-state index contributed by atoms with van der Waals surface area (Å²) in [5, 5.41) is 0. The van der Waals surface area contributed by atoms with Gasteiger partial charge in [0.25, 0.3) is 0 Å². The lowest BCUT2D eigenvalue weighted by atomic mass is 10.0. The van der Waals surface area contributed by atoms with Gasteiger partial charge >= 0.3 is 6.01 Å². The van der Waals surface area contributed by atoms with Gasteiger partial charge in [0.05, 0.1) is 6.42 Å². The zero-order valence-corrected chi connectivity index (χ0v) is 13.0. The van der Waals surface area contributed by atoms with E-state index in [0.717, 1.165) is 11.1 Å². The molecule has 0 N–H and O–H groups in total. The summed E-state index contributed by atoms with van der Waals surface area (Å²) in [5.74, 6) is -0.0465. The van der Waals surface area contributed by atoms with Crippen LogP contribution in [0.5, 0.6) is 0 Å². The van der Waals surface area contributed by atoms with Crippen molar-refractivity contribution in [3.8, 4) is 0 Å². The van der Waals surface area contributed by atoms with E-state index < -0.39 is 0 Å². The molecule has 0 aliphatic rings. The van der Waals surface area contributed by atoms with E-state index in [4.69, 9.17) is 4.42 Å². The number of benzene rings is 2. The molecule has 0 aliphatic heterocycles. The maximum atomic E-state index is 12.4. The third kappa shape index (κ3) is 2.72. The van der Waals surface area contributed by atoms with Crippen molar-refractivity contribution in [3.63, 3.8) is 0 Å². The molecule has 0 aliphatic carbocycles. The normalized spacial score (nSPS) is 10.9. The van der Waals surface area contributed by atoms with E-state index in [-0.39, 0.29) is 5.91 Å². The molecule has 0 saturated carbocycles. The van der Waals surface area contributed by atoms with Crippen molar-refractivity contribution in [2.75, 3.05) is 11.9 Å². The standard InChI is InChI=1S/C18H18N2O2/c1-12-8-9-14(10-13(12)2)11-17(21)20(3)18-19-15-6-4-5-7-16(15)22-18/h4-10H,11H2,1-3H3. The number of nitrogens with zero attached hydrogens (tertiary/aromatic N) is 2. The number of hydrogen-bond acceptors (Lipinski definition) is 3. The molecule has 112 valence electrons. The molecule has 0 spiro atoms. The first-order valence-corrected chi connectivity index (χ1v) is 7.23. The summed E-state index contributed by atoms with van der Waals surface area (Å²) in [6.07, 6.45) is 0.330. The third-order valence-corrected chi connectivity index (χ3v) is 3.87. The lowest BCUT2D eigenvalue weighted by Crippen LogP contribution is -2.28. The zero-order chi connectivity index (χ0) is 15.7. The van der Waals surface area contributed by atoms with Gasteiger partial charge in [0.1, 0.15) is 5.52 Å². The smallest absolute Gasteiger partial charge is 0.304 e. The predicted molar refractivity (Wildman–Crippen MR) is 87.0 cm³/mol. The summed E-state index contributed by atoms with van der Waals surface area (Å²) < 4.78 is 5.63. The third-order valence-electron chi connectivity index (χ3n) is 3.87. The minimum Gasteiger partial charge on any atom is -0.423 e. The van der Waals surface area contributed by atoms with Crippen molar-refractivity contribution in [1.82, 2.24) is 4.98 Å². The van der Waals surface area contributed by atoms with Gasteiger partial charge in [-0.25, -0.2) is 0 Å². The molecule has 4 nitrogen and oxygen atoms in total. The Bertz CT molecular complexity index is 803. The van der Waals surface area contributed by atoms with Gasteiger partial charge < -0.3 is 4.42 Å². The lowest BCUT2D eigenvalue weighted by Gasteiger charge is -2.13. The molecular weight excluding hydrogens is 276 g/mol. The fourth-order valence-electron chi connectivity index (χ4n) is 2.32. The highest BCUT2D eigenvalue weighted by Gasteiger charge is 2.17. The highest BCUT2D eigenvalue weighted by molar-refractivity contribution is 5.93. The number of aryl methyl sites for hydroxylation is 2. The van der Waals surface area contributed by atoms with Crippen LogP contribution in [0, 0.1) is 13.8 Å². The van der Waals surface area contributed by atoms with Crippen LogP contribution in [-0.4, -0.2) is 17.9 Å². The van der Waals surface area contributed by atoms with Gasteiger partial charge in [0.2, 0.25) is 5.91 Å². The summed E-state index contributed by atoms with van der Waals surface area (Å²) >= 11 is 0. The fourth-order valence-corrected chi connectivity index (χ4v) is 2.32. The summed E-state index contributed by atoms with van der Waals surface area (Å²) in [5.41, 5.74) is 4.85. The van der Waals surface area contributed by atoms with Crippen molar-refractivity contribution in [2.24, 2.45) is 0 Å². The molecule has 22 heavy (non-hydrogen) atoms. The molecule has 1 aromatic heterocycles. The molecule has 0 bridgehead atoms. The first-order valence-electron chi connectivity index (χ1n) is 7.23. The number of hydrogen-bond donors (Lipinski definition) is 0. The van der Waals surface area contributed by atoms with E-state index in [9.17, 15) is 4.79 Å². The Kier molecular flexibility index (Phi) is 3.67. The second kappa shape index (κ2) is 5.64. The summed E-state index contributed by atoms with van der Waals surface area (Å²) in [7, 11) is 1.69. The van der Waals surface area contributed by atoms with E-state index in [1.165, 1.54) is 16.0 Å². The molecule has 1 heterocycles. The second-order valence-electron chi connectivity index (χ2n) is 5.51. The van der Waals surface area contributed by atoms with Crippen LogP contribution in [0.15, 0.2) is 46.9 Å². The number of anilines is 1. The average Bonchev–Trinajstić information content (AvgIpc) is 2.94. The first-order chi connectivity index (χ1) is 10.5. The maximum Gasteiger partial charge on any atom is 0.304 e. The Balaban J connectivity index is 1.80. The Hall–Kier alpha value is -2.62. The van der Waals surface area contributed by atoms with E-state index in [2.05, 4.69) is 11.9 Å².